The molecule has 0 saturated carbocycles. The molecule has 0 fully saturated rings. The van der Waals surface area contributed by atoms with Crippen molar-refractivity contribution in [1.29, 1.82) is 0 Å². The van der Waals surface area contributed by atoms with Gasteiger partial charge in [0.05, 0.1) is 0 Å². The van der Waals surface area contributed by atoms with E-state index in [1.807, 2.05) is 13.8 Å². The zero-order chi connectivity index (χ0) is 10.7. The average molecular weight is 188 g/mol. The molecule has 0 spiro atoms. The van der Waals surface area contributed by atoms with Crippen LogP contribution in [-0.4, -0.2) is 17.7 Å². The summed E-state index contributed by atoms with van der Waals surface area (Å²) < 4.78 is 0. The molecule has 0 aromatic heterocycles. The Labute approximate surface area is 79.5 Å². The second kappa shape index (κ2) is 4.07. The van der Waals surface area contributed by atoms with Gasteiger partial charge in [0.15, 0.2) is 0 Å². The summed E-state index contributed by atoms with van der Waals surface area (Å²) in [5, 5.41) is 8.51. The van der Waals surface area contributed by atoms with Crippen LogP contribution in [0.1, 0.15) is 34.1 Å². The first-order valence-electron chi connectivity index (χ1n) is 4.40. The van der Waals surface area contributed by atoms with Gasteiger partial charge in [0.25, 0.3) is 0 Å². The van der Waals surface area contributed by atoms with Crippen LogP contribution in [0.4, 0.5) is 0 Å². The van der Waals surface area contributed by atoms with Gasteiger partial charge in [-0.15, -0.1) is 0 Å². The van der Waals surface area contributed by atoms with Crippen LogP contribution >= 0.6 is 0 Å². The molecule has 0 atom stereocenters. The standard InChI is InChI=1S/C9H20N2O2/c1-8(2,6-10)5-9(3,4)7(12)11-13/h13H,5-6,10H2,1-4H3,(H,11,12). The molecular weight excluding hydrogens is 168 g/mol. The molecule has 4 heteroatoms. The molecule has 4 N–H and O–H groups in total. The lowest BCUT2D eigenvalue weighted by Gasteiger charge is -2.32. The lowest BCUT2D eigenvalue weighted by molar-refractivity contribution is -0.139. The van der Waals surface area contributed by atoms with Crippen molar-refractivity contribution >= 4 is 5.91 Å². The summed E-state index contributed by atoms with van der Waals surface area (Å²) in [6.07, 6.45) is 0.642. The maximum absolute atomic E-state index is 11.2. The van der Waals surface area contributed by atoms with E-state index in [-0.39, 0.29) is 11.3 Å². The molecule has 0 aromatic rings. The predicted octanol–water partition coefficient (Wildman–Crippen LogP) is 0.893. The van der Waals surface area contributed by atoms with Gasteiger partial charge in [-0.25, -0.2) is 5.48 Å². The Bertz CT molecular complexity index is 188. The summed E-state index contributed by atoms with van der Waals surface area (Å²) in [7, 11) is 0. The molecule has 0 aliphatic carbocycles. The van der Waals surface area contributed by atoms with Gasteiger partial charge in [-0.2, -0.15) is 0 Å². The van der Waals surface area contributed by atoms with E-state index in [4.69, 9.17) is 10.9 Å². The predicted molar refractivity (Wildman–Crippen MR) is 51.2 cm³/mol. The molecule has 1 amide bonds. The summed E-state index contributed by atoms with van der Waals surface area (Å²) in [6.45, 7) is 8.10. The molecule has 0 rings (SSSR count). The number of amides is 1. The van der Waals surface area contributed by atoms with E-state index in [1.54, 1.807) is 19.3 Å². The molecule has 78 valence electrons. The van der Waals surface area contributed by atoms with E-state index in [2.05, 4.69) is 0 Å². The quantitative estimate of drug-likeness (QED) is 0.453. The molecule has 0 aromatic carbocycles. The van der Waals surface area contributed by atoms with Crippen LogP contribution < -0.4 is 11.2 Å². The van der Waals surface area contributed by atoms with Gasteiger partial charge in [0.2, 0.25) is 5.91 Å². The van der Waals surface area contributed by atoms with Crippen molar-refractivity contribution in [3.63, 3.8) is 0 Å². The molecular formula is C9H20N2O2. The van der Waals surface area contributed by atoms with Crippen molar-refractivity contribution in [3.8, 4) is 0 Å². The number of nitrogens with two attached hydrogens (primary N) is 1. The zero-order valence-corrected chi connectivity index (χ0v) is 8.85. The van der Waals surface area contributed by atoms with Gasteiger partial charge in [-0.3, -0.25) is 10.0 Å². The summed E-state index contributed by atoms with van der Waals surface area (Å²) in [4.78, 5) is 11.2. The zero-order valence-electron chi connectivity index (χ0n) is 8.85. The molecule has 0 aliphatic rings. The third kappa shape index (κ3) is 3.74. The number of carbonyl (C=O) groups is 1. The minimum Gasteiger partial charge on any atom is -0.330 e. The maximum Gasteiger partial charge on any atom is 0.249 e. The topological polar surface area (TPSA) is 75.4 Å². The van der Waals surface area contributed by atoms with Crippen LogP contribution in [0.2, 0.25) is 0 Å². The van der Waals surface area contributed by atoms with Crippen LogP contribution in [0, 0.1) is 10.8 Å². The monoisotopic (exact) mass is 188 g/mol. The Morgan fingerprint density at radius 1 is 1.38 bits per heavy atom. The Morgan fingerprint density at radius 2 is 1.85 bits per heavy atom. The smallest absolute Gasteiger partial charge is 0.249 e. The largest absolute Gasteiger partial charge is 0.330 e. The molecule has 0 heterocycles. The molecule has 0 radical (unpaired) electrons. The van der Waals surface area contributed by atoms with E-state index < -0.39 is 5.41 Å². The second-order valence-electron chi connectivity index (χ2n) is 4.87. The van der Waals surface area contributed by atoms with E-state index in [0.717, 1.165) is 0 Å². The van der Waals surface area contributed by atoms with Crippen LogP contribution in [0.3, 0.4) is 0 Å². The Morgan fingerprint density at radius 3 is 2.15 bits per heavy atom. The van der Waals surface area contributed by atoms with Crippen molar-refractivity contribution in [2.24, 2.45) is 16.6 Å². The highest BCUT2D eigenvalue weighted by molar-refractivity contribution is 5.80. The van der Waals surface area contributed by atoms with E-state index >= 15 is 0 Å². The number of rotatable bonds is 4. The normalized spacial score (nSPS) is 12.8. The minimum atomic E-state index is -0.586. The second-order valence-corrected chi connectivity index (χ2v) is 4.87. The SMILES string of the molecule is CC(C)(CN)CC(C)(C)C(=O)NO. The fourth-order valence-corrected chi connectivity index (χ4v) is 1.50. The third-order valence-electron chi connectivity index (χ3n) is 2.19. The number of hydrogen-bond donors (Lipinski definition) is 3. The summed E-state index contributed by atoms with van der Waals surface area (Å²) in [5.41, 5.74) is 6.56. The van der Waals surface area contributed by atoms with Crippen molar-refractivity contribution in [2.75, 3.05) is 6.54 Å². The van der Waals surface area contributed by atoms with Gasteiger partial charge in [0, 0.05) is 5.41 Å². The maximum atomic E-state index is 11.2. The van der Waals surface area contributed by atoms with Crippen LogP contribution in [0.5, 0.6) is 0 Å². The van der Waals surface area contributed by atoms with Gasteiger partial charge in [0.1, 0.15) is 0 Å². The third-order valence-corrected chi connectivity index (χ3v) is 2.19. The van der Waals surface area contributed by atoms with Crippen molar-refractivity contribution < 1.29 is 10.0 Å². The summed E-state index contributed by atoms with van der Waals surface area (Å²) in [6, 6.07) is 0. The molecule has 13 heavy (non-hydrogen) atoms. The van der Waals surface area contributed by atoms with Gasteiger partial charge in [-0.1, -0.05) is 27.7 Å². The van der Waals surface area contributed by atoms with Gasteiger partial charge < -0.3 is 5.73 Å². The first kappa shape index (κ1) is 12.4. The van der Waals surface area contributed by atoms with Crippen LogP contribution in [0.15, 0.2) is 0 Å². The number of nitrogens with one attached hydrogen (secondary N) is 1. The Hall–Kier alpha value is -0.610. The lowest BCUT2D eigenvalue weighted by Crippen LogP contribution is -2.40. The number of hydrogen-bond acceptors (Lipinski definition) is 3. The Balaban J connectivity index is 4.41. The summed E-state index contributed by atoms with van der Waals surface area (Å²) in [5.74, 6) is -0.367. The minimum absolute atomic E-state index is 0.0873. The average Bonchev–Trinajstić information content (AvgIpc) is 2.01. The van der Waals surface area contributed by atoms with Gasteiger partial charge in [-0.05, 0) is 18.4 Å². The van der Waals surface area contributed by atoms with E-state index in [0.29, 0.717) is 13.0 Å². The molecule has 4 nitrogen and oxygen atoms in total. The highest BCUT2D eigenvalue weighted by atomic mass is 16.5. The Kier molecular flexibility index (Phi) is 3.88. The molecule has 0 unspecified atom stereocenters. The van der Waals surface area contributed by atoms with Crippen LogP contribution in [0.25, 0.3) is 0 Å². The summed E-state index contributed by atoms with van der Waals surface area (Å²) >= 11 is 0. The van der Waals surface area contributed by atoms with Crippen molar-refractivity contribution in [3.05, 3.63) is 0 Å². The number of carbonyl (C=O) groups excluding carboxylic acids is 1. The fourth-order valence-electron chi connectivity index (χ4n) is 1.50. The highest BCUT2D eigenvalue weighted by Crippen LogP contribution is 2.32. The molecule has 0 aliphatic heterocycles. The first-order chi connectivity index (χ1) is 5.75. The van der Waals surface area contributed by atoms with Gasteiger partial charge >= 0.3 is 0 Å². The van der Waals surface area contributed by atoms with Crippen LogP contribution in [-0.2, 0) is 4.79 Å². The first-order valence-corrected chi connectivity index (χ1v) is 4.40. The van der Waals surface area contributed by atoms with Crippen molar-refractivity contribution in [1.82, 2.24) is 5.48 Å². The molecule has 0 saturated heterocycles. The van der Waals surface area contributed by atoms with Crippen molar-refractivity contribution in [2.45, 2.75) is 34.1 Å². The highest BCUT2D eigenvalue weighted by Gasteiger charge is 2.33. The molecule has 0 bridgehead atoms. The van der Waals surface area contributed by atoms with E-state index in [9.17, 15) is 4.79 Å². The van der Waals surface area contributed by atoms with E-state index in [1.165, 1.54) is 0 Å². The number of hydroxylamine groups is 1. The lowest BCUT2D eigenvalue weighted by atomic mass is 9.75. The fraction of sp³-hybridized carbons (Fsp3) is 0.889.